The summed E-state index contributed by atoms with van der Waals surface area (Å²) in [7, 11) is -2.00. The highest BCUT2D eigenvalue weighted by atomic mass is 28.4. The highest BCUT2D eigenvalue weighted by Gasteiger charge is 2.43. The molecule has 2 heterocycles. The fourth-order valence-corrected chi connectivity index (χ4v) is 3.86. The third-order valence-corrected chi connectivity index (χ3v) is 10.1. The van der Waals surface area contributed by atoms with Gasteiger partial charge in [-0.3, -0.25) is 14.3 Å². The van der Waals surface area contributed by atoms with Gasteiger partial charge < -0.3 is 19.0 Å². The first-order chi connectivity index (χ1) is 12.8. The fourth-order valence-electron chi connectivity index (χ4n) is 2.85. The minimum Gasteiger partial charge on any atom is -0.414 e. The van der Waals surface area contributed by atoms with Crippen LogP contribution < -0.4 is 11.2 Å². The quantitative estimate of drug-likeness (QED) is 0.690. The number of nitrogens with zero attached hydrogens (tertiary/aromatic N) is 1. The smallest absolute Gasteiger partial charge is 0.328 e. The first-order valence-electron chi connectivity index (χ1n) is 9.76. The summed E-state index contributed by atoms with van der Waals surface area (Å²) in [6.07, 6.45) is -0.573. The second-order valence-electron chi connectivity index (χ2n) is 9.19. The molecule has 2 N–H and O–H groups in total. The lowest BCUT2D eigenvalue weighted by Gasteiger charge is -2.42. The summed E-state index contributed by atoms with van der Waals surface area (Å²) in [5.74, 6) is 0. The number of nitrogens with one attached hydrogen (secondary N) is 1. The molecule has 4 atom stereocenters. The monoisotopic (exact) mass is 414 g/mol. The van der Waals surface area contributed by atoms with Crippen molar-refractivity contribution in [1.29, 1.82) is 0 Å². The van der Waals surface area contributed by atoms with E-state index in [1.807, 2.05) is 13.8 Å². The van der Waals surface area contributed by atoms with Crippen molar-refractivity contribution in [3.63, 3.8) is 0 Å². The number of aliphatic hydroxyl groups excluding tert-OH is 1. The van der Waals surface area contributed by atoms with Crippen LogP contribution in [0, 0.1) is 0 Å². The molecule has 0 bridgehead atoms. The topological polar surface area (TPSA) is 103 Å². The largest absolute Gasteiger partial charge is 0.414 e. The lowest BCUT2D eigenvalue weighted by molar-refractivity contribution is -0.260. The summed E-state index contributed by atoms with van der Waals surface area (Å²) in [6, 6.07) is 0.721. The molecule has 9 heteroatoms. The summed E-state index contributed by atoms with van der Waals surface area (Å²) in [4.78, 5) is 25.8. The summed E-state index contributed by atoms with van der Waals surface area (Å²) < 4.78 is 19.5. The molecular formula is C19H34N2O6Si. The van der Waals surface area contributed by atoms with Crippen LogP contribution >= 0.6 is 0 Å². The average molecular weight is 415 g/mol. The molecule has 0 radical (unpaired) electrons. The first kappa shape index (κ1) is 23.0. The van der Waals surface area contributed by atoms with E-state index in [2.05, 4.69) is 38.8 Å². The molecule has 1 saturated heterocycles. The molecule has 1 aromatic rings. The number of aromatic amines is 1. The van der Waals surface area contributed by atoms with Crippen LogP contribution in [0.1, 0.15) is 47.1 Å². The van der Waals surface area contributed by atoms with Gasteiger partial charge in [-0.15, -0.1) is 0 Å². The Morgan fingerprint density at radius 1 is 1.36 bits per heavy atom. The van der Waals surface area contributed by atoms with E-state index in [4.69, 9.17) is 13.9 Å². The van der Waals surface area contributed by atoms with E-state index in [1.165, 1.54) is 16.8 Å². The predicted octanol–water partition coefficient (Wildman–Crippen LogP) is 2.00. The molecule has 160 valence electrons. The maximum atomic E-state index is 12.2. The molecule has 0 spiro atoms. The van der Waals surface area contributed by atoms with Gasteiger partial charge in [-0.1, -0.05) is 20.8 Å². The molecule has 0 unspecified atom stereocenters. The molecule has 0 saturated carbocycles. The predicted molar refractivity (Wildman–Crippen MR) is 109 cm³/mol. The zero-order chi connectivity index (χ0) is 21.3. The lowest BCUT2D eigenvalue weighted by Crippen LogP contribution is -2.52. The van der Waals surface area contributed by atoms with Crippen molar-refractivity contribution in [2.24, 2.45) is 0 Å². The van der Waals surface area contributed by atoms with Crippen molar-refractivity contribution in [2.75, 3.05) is 6.61 Å². The zero-order valence-electron chi connectivity index (χ0n) is 17.9. The number of H-pyrrole nitrogens is 1. The Bertz CT molecular complexity index is 767. The van der Waals surface area contributed by atoms with Crippen LogP contribution in [0.25, 0.3) is 0 Å². The molecule has 1 aliphatic heterocycles. The van der Waals surface area contributed by atoms with Crippen LogP contribution in [0.2, 0.25) is 18.1 Å². The van der Waals surface area contributed by atoms with E-state index < -0.39 is 44.1 Å². The fraction of sp³-hybridized carbons (Fsp3) is 0.789. The molecule has 0 aromatic carbocycles. The van der Waals surface area contributed by atoms with Gasteiger partial charge in [0, 0.05) is 18.7 Å². The maximum absolute atomic E-state index is 12.2. The van der Waals surface area contributed by atoms with Crippen molar-refractivity contribution in [3.8, 4) is 0 Å². The van der Waals surface area contributed by atoms with Crippen LogP contribution in [0.15, 0.2) is 21.9 Å². The van der Waals surface area contributed by atoms with Crippen LogP contribution in [-0.2, 0) is 13.9 Å². The summed E-state index contributed by atoms with van der Waals surface area (Å²) in [5.41, 5.74) is -1.03. The summed E-state index contributed by atoms with van der Waals surface area (Å²) >= 11 is 0. The molecule has 1 aromatic heterocycles. The normalized spacial score (nSPS) is 26.6. The molecule has 1 aliphatic rings. The van der Waals surface area contributed by atoms with E-state index in [-0.39, 0.29) is 24.2 Å². The van der Waals surface area contributed by atoms with Gasteiger partial charge in [-0.05, 0) is 32.0 Å². The number of hydrogen-bond donors (Lipinski definition) is 2. The molecule has 28 heavy (non-hydrogen) atoms. The number of aliphatic hydroxyl groups is 1. The Morgan fingerprint density at radius 3 is 2.54 bits per heavy atom. The average Bonchev–Trinajstić information content (AvgIpc) is 2.53. The molecular weight excluding hydrogens is 380 g/mol. The van der Waals surface area contributed by atoms with Gasteiger partial charge in [-0.25, -0.2) is 4.79 Å². The molecule has 8 nitrogen and oxygen atoms in total. The van der Waals surface area contributed by atoms with Crippen molar-refractivity contribution in [2.45, 2.75) is 89.8 Å². The van der Waals surface area contributed by atoms with Gasteiger partial charge in [-0.2, -0.15) is 0 Å². The molecule has 0 aliphatic carbocycles. The van der Waals surface area contributed by atoms with Crippen molar-refractivity contribution >= 4 is 8.32 Å². The van der Waals surface area contributed by atoms with Crippen LogP contribution in [0.4, 0.5) is 0 Å². The van der Waals surface area contributed by atoms with Gasteiger partial charge in [0.1, 0.15) is 6.10 Å². The first-order valence-corrected chi connectivity index (χ1v) is 12.7. The summed E-state index contributed by atoms with van der Waals surface area (Å²) in [5, 5.41) is 10.7. The third kappa shape index (κ3) is 5.41. The number of ether oxygens (including phenoxy) is 2. The highest BCUT2D eigenvalue weighted by molar-refractivity contribution is 6.74. The second kappa shape index (κ2) is 8.62. The third-order valence-electron chi connectivity index (χ3n) is 5.56. The second-order valence-corrected chi connectivity index (χ2v) is 14.0. The van der Waals surface area contributed by atoms with Gasteiger partial charge in [0.2, 0.25) is 0 Å². The minimum atomic E-state index is -2.00. The van der Waals surface area contributed by atoms with E-state index in [0.29, 0.717) is 0 Å². The Morgan fingerprint density at radius 2 is 2.00 bits per heavy atom. The molecule has 2 rings (SSSR count). The van der Waals surface area contributed by atoms with E-state index in [0.717, 1.165) is 0 Å². The van der Waals surface area contributed by atoms with Gasteiger partial charge in [0.05, 0.1) is 24.9 Å². The Kier molecular flexibility index (Phi) is 7.09. The highest BCUT2D eigenvalue weighted by Crippen LogP contribution is 2.37. The van der Waals surface area contributed by atoms with Gasteiger partial charge in [0.25, 0.3) is 5.56 Å². The van der Waals surface area contributed by atoms with Crippen LogP contribution in [-0.4, -0.2) is 54.2 Å². The van der Waals surface area contributed by atoms with E-state index in [9.17, 15) is 14.7 Å². The van der Waals surface area contributed by atoms with Crippen LogP contribution in [0.3, 0.4) is 0 Å². The Balaban J connectivity index is 2.20. The number of rotatable bonds is 6. The van der Waals surface area contributed by atoms with Gasteiger partial charge in [0.15, 0.2) is 14.6 Å². The standard InChI is InChI=1S/C19H34N2O6Si/c1-12(2)26-17-13(21-9-8-16(23)20-18(21)24)10-14(22)15(27-17)11-25-28(6,7)19(3,4)5/h8-9,12-15,17,22H,10-11H2,1-7H3,(H,20,23,24)/t13-,14+,15+,17-/m0/s1. The van der Waals surface area contributed by atoms with Crippen LogP contribution in [0.5, 0.6) is 0 Å². The molecule has 0 amide bonds. The molecule has 1 fully saturated rings. The van der Waals surface area contributed by atoms with Crippen molar-refractivity contribution in [1.82, 2.24) is 9.55 Å². The number of aromatic nitrogens is 2. The Hall–Kier alpha value is -1.26. The van der Waals surface area contributed by atoms with Crippen molar-refractivity contribution in [3.05, 3.63) is 33.1 Å². The maximum Gasteiger partial charge on any atom is 0.328 e. The lowest BCUT2D eigenvalue weighted by atomic mass is 10.0. The minimum absolute atomic E-state index is 0.0478. The SMILES string of the molecule is CC(C)O[C@H]1O[C@H](CO[Si](C)(C)C(C)(C)C)[C@H](O)C[C@@H]1n1ccc(=O)[nH]c1=O. The van der Waals surface area contributed by atoms with Crippen molar-refractivity contribution < 1.29 is 19.0 Å². The van der Waals surface area contributed by atoms with E-state index in [1.54, 1.807) is 0 Å². The zero-order valence-corrected chi connectivity index (χ0v) is 18.9. The van der Waals surface area contributed by atoms with E-state index >= 15 is 0 Å². The summed E-state index contributed by atoms with van der Waals surface area (Å²) in [6.45, 7) is 14.8. The Labute approximate surface area is 167 Å². The number of hydrogen-bond acceptors (Lipinski definition) is 6. The van der Waals surface area contributed by atoms with Gasteiger partial charge >= 0.3 is 5.69 Å².